The number of aryl methyl sites for hydroxylation is 1. The van der Waals surface area contributed by atoms with Gasteiger partial charge in [0, 0.05) is 31.1 Å². The summed E-state index contributed by atoms with van der Waals surface area (Å²) in [5.74, 6) is -0.159. The van der Waals surface area contributed by atoms with Gasteiger partial charge in [0.05, 0.1) is 6.67 Å². The highest BCUT2D eigenvalue weighted by molar-refractivity contribution is 5.98. The number of piperidine rings is 1. The summed E-state index contributed by atoms with van der Waals surface area (Å²) in [7, 11) is 0. The molecule has 1 unspecified atom stereocenters. The molecule has 2 rings (SSSR count). The van der Waals surface area contributed by atoms with Gasteiger partial charge in [0.15, 0.2) is 0 Å². The van der Waals surface area contributed by atoms with Crippen molar-refractivity contribution in [3.05, 3.63) is 42.5 Å². The van der Waals surface area contributed by atoms with Crippen LogP contribution in [-0.4, -0.2) is 36.5 Å². The molecule has 0 aromatic heterocycles. The fraction of sp³-hybridized carbons (Fsp3) is 0.444. The van der Waals surface area contributed by atoms with Gasteiger partial charge in [-0.25, -0.2) is 0 Å². The molecule has 1 atom stereocenters. The predicted octanol–water partition coefficient (Wildman–Crippen LogP) is 2.95. The summed E-state index contributed by atoms with van der Waals surface area (Å²) in [6.07, 6.45) is 4.05. The van der Waals surface area contributed by atoms with Gasteiger partial charge >= 0.3 is 0 Å². The van der Waals surface area contributed by atoms with Crippen molar-refractivity contribution in [3.63, 3.8) is 0 Å². The number of hydrogen-bond donors (Lipinski definition) is 1. The van der Waals surface area contributed by atoms with Crippen molar-refractivity contribution in [2.24, 2.45) is 5.92 Å². The van der Waals surface area contributed by atoms with Gasteiger partial charge in [-0.05, 0) is 43.0 Å². The van der Waals surface area contributed by atoms with Gasteiger partial charge in [-0.2, -0.15) is 0 Å². The molecule has 2 amide bonds. The van der Waals surface area contributed by atoms with E-state index in [1.54, 1.807) is 17.0 Å². The third kappa shape index (κ3) is 5.20. The quantitative estimate of drug-likeness (QED) is 0.820. The van der Waals surface area contributed by atoms with Gasteiger partial charge in [0.1, 0.15) is 0 Å². The number of alkyl halides is 1. The van der Waals surface area contributed by atoms with Crippen molar-refractivity contribution >= 4 is 17.5 Å². The van der Waals surface area contributed by atoms with Crippen LogP contribution in [0.5, 0.6) is 0 Å². The van der Waals surface area contributed by atoms with Crippen LogP contribution in [0, 0.1) is 5.92 Å². The van der Waals surface area contributed by atoms with Crippen LogP contribution in [0.3, 0.4) is 0 Å². The number of likely N-dealkylation sites (tertiary alicyclic amines) is 1. The van der Waals surface area contributed by atoms with Crippen LogP contribution in [0.15, 0.2) is 36.9 Å². The van der Waals surface area contributed by atoms with Gasteiger partial charge in [0.2, 0.25) is 11.8 Å². The number of rotatable bonds is 6. The van der Waals surface area contributed by atoms with Crippen molar-refractivity contribution in [3.8, 4) is 0 Å². The van der Waals surface area contributed by atoms with E-state index in [0.29, 0.717) is 25.1 Å². The number of carbonyl (C=O) groups is 2. The Bertz CT molecular complexity index is 557. The maximum Gasteiger partial charge on any atom is 0.247 e. The second-order valence-electron chi connectivity index (χ2n) is 5.89. The summed E-state index contributed by atoms with van der Waals surface area (Å²) in [5, 5.41) is 2.68. The lowest BCUT2D eigenvalue weighted by atomic mass is 9.99. The number of hydrogen-bond acceptors (Lipinski definition) is 2. The van der Waals surface area contributed by atoms with Crippen molar-refractivity contribution < 1.29 is 14.0 Å². The highest BCUT2D eigenvalue weighted by Crippen LogP contribution is 2.18. The van der Waals surface area contributed by atoms with E-state index in [4.69, 9.17) is 0 Å². The van der Waals surface area contributed by atoms with E-state index >= 15 is 0 Å². The molecule has 1 aromatic rings. The van der Waals surface area contributed by atoms with Crippen molar-refractivity contribution in [1.82, 2.24) is 4.90 Å². The molecule has 0 saturated carbocycles. The SMILES string of the molecule is C=CC(=O)Nc1ccc(CCC(=O)N2CCCC(CF)C2)cc1. The Labute approximate surface area is 136 Å². The molecule has 1 heterocycles. The Morgan fingerprint density at radius 3 is 2.74 bits per heavy atom. The van der Waals surface area contributed by atoms with Crippen LogP contribution in [0.2, 0.25) is 0 Å². The van der Waals surface area contributed by atoms with Crippen LogP contribution in [0.1, 0.15) is 24.8 Å². The molecular weight excluding hydrogens is 295 g/mol. The first-order valence-electron chi connectivity index (χ1n) is 7.98. The molecule has 1 saturated heterocycles. The van der Waals surface area contributed by atoms with Gasteiger partial charge in [-0.3, -0.25) is 14.0 Å². The van der Waals surface area contributed by atoms with Gasteiger partial charge in [-0.1, -0.05) is 18.7 Å². The molecule has 1 fully saturated rings. The lowest BCUT2D eigenvalue weighted by molar-refractivity contribution is -0.133. The summed E-state index contributed by atoms with van der Waals surface area (Å²) >= 11 is 0. The smallest absolute Gasteiger partial charge is 0.247 e. The fourth-order valence-corrected chi connectivity index (χ4v) is 2.77. The average molecular weight is 318 g/mol. The Hall–Kier alpha value is -2.17. The molecule has 5 heteroatoms. The molecule has 0 bridgehead atoms. The normalized spacial score (nSPS) is 17.6. The predicted molar refractivity (Wildman–Crippen MR) is 88.9 cm³/mol. The first-order valence-corrected chi connectivity index (χ1v) is 7.98. The minimum atomic E-state index is -0.346. The summed E-state index contributed by atoms with van der Waals surface area (Å²) in [6, 6.07) is 7.40. The van der Waals surface area contributed by atoms with E-state index in [9.17, 15) is 14.0 Å². The van der Waals surface area contributed by atoms with Crippen LogP contribution < -0.4 is 5.32 Å². The zero-order valence-electron chi connectivity index (χ0n) is 13.3. The molecule has 0 aliphatic carbocycles. The first-order chi connectivity index (χ1) is 11.1. The summed E-state index contributed by atoms with van der Waals surface area (Å²) < 4.78 is 12.7. The Morgan fingerprint density at radius 1 is 1.35 bits per heavy atom. The second-order valence-corrected chi connectivity index (χ2v) is 5.89. The zero-order chi connectivity index (χ0) is 16.7. The molecule has 23 heavy (non-hydrogen) atoms. The Kier molecular flexibility index (Phi) is 6.32. The number of carbonyl (C=O) groups excluding carboxylic acids is 2. The number of nitrogens with zero attached hydrogens (tertiary/aromatic N) is 1. The van der Waals surface area contributed by atoms with E-state index in [0.717, 1.165) is 24.9 Å². The second kappa shape index (κ2) is 8.46. The summed E-state index contributed by atoms with van der Waals surface area (Å²) in [5.41, 5.74) is 1.74. The number of amides is 2. The first kappa shape index (κ1) is 17.2. The summed E-state index contributed by atoms with van der Waals surface area (Å²) in [4.78, 5) is 25.2. The molecule has 1 aliphatic rings. The third-order valence-corrected chi connectivity index (χ3v) is 4.12. The van der Waals surface area contributed by atoms with Gasteiger partial charge in [0.25, 0.3) is 0 Å². The van der Waals surface area contributed by atoms with Crippen molar-refractivity contribution in [2.45, 2.75) is 25.7 Å². The third-order valence-electron chi connectivity index (χ3n) is 4.12. The number of anilines is 1. The average Bonchev–Trinajstić information content (AvgIpc) is 2.60. The number of nitrogens with one attached hydrogen (secondary N) is 1. The van der Waals surface area contributed by atoms with Crippen LogP contribution in [-0.2, 0) is 16.0 Å². The van der Waals surface area contributed by atoms with Crippen LogP contribution >= 0.6 is 0 Å². The highest BCUT2D eigenvalue weighted by Gasteiger charge is 2.23. The molecule has 1 N–H and O–H groups in total. The number of benzene rings is 1. The van der Waals surface area contributed by atoms with E-state index < -0.39 is 0 Å². The monoisotopic (exact) mass is 318 g/mol. The van der Waals surface area contributed by atoms with E-state index in [2.05, 4.69) is 11.9 Å². The minimum absolute atomic E-state index is 0.000421. The van der Waals surface area contributed by atoms with Crippen LogP contribution in [0.4, 0.5) is 10.1 Å². The van der Waals surface area contributed by atoms with Gasteiger partial charge < -0.3 is 10.2 Å². The van der Waals surface area contributed by atoms with Crippen molar-refractivity contribution in [1.29, 1.82) is 0 Å². The van der Waals surface area contributed by atoms with E-state index in [1.807, 2.05) is 12.1 Å². The number of halogens is 1. The molecule has 1 aromatic carbocycles. The van der Waals surface area contributed by atoms with E-state index in [1.165, 1.54) is 6.08 Å². The van der Waals surface area contributed by atoms with Crippen LogP contribution in [0.25, 0.3) is 0 Å². The van der Waals surface area contributed by atoms with Crippen molar-refractivity contribution in [2.75, 3.05) is 25.1 Å². The maximum atomic E-state index is 12.7. The molecular formula is C18H23FN2O2. The highest BCUT2D eigenvalue weighted by atomic mass is 19.1. The van der Waals surface area contributed by atoms with E-state index in [-0.39, 0.29) is 24.4 Å². The zero-order valence-corrected chi connectivity index (χ0v) is 13.3. The summed E-state index contributed by atoms with van der Waals surface area (Å²) in [6.45, 7) is 4.34. The molecule has 0 spiro atoms. The lowest BCUT2D eigenvalue weighted by Gasteiger charge is -2.31. The van der Waals surface area contributed by atoms with Gasteiger partial charge in [-0.15, -0.1) is 0 Å². The standard InChI is InChI=1S/C18H23FN2O2/c1-2-17(22)20-16-8-5-14(6-9-16)7-10-18(23)21-11-3-4-15(12-19)13-21/h2,5-6,8-9,15H,1,3-4,7,10-13H2,(H,20,22). The largest absolute Gasteiger partial charge is 0.342 e. The maximum absolute atomic E-state index is 12.7. The Morgan fingerprint density at radius 2 is 2.09 bits per heavy atom. The molecule has 1 aliphatic heterocycles. The molecule has 0 radical (unpaired) electrons. The fourth-order valence-electron chi connectivity index (χ4n) is 2.77. The minimum Gasteiger partial charge on any atom is -0.342 e. The Balaban J connectivity index is 1.82. The topological polar surface area (TPSA) is 49.4 Å². The molecule has 4 nitrogen and oxygen atoms in total. The molecule has 124 valence electrons. The lowest BCUT2D eigenvalue weighted by Crippen LogP contribution is -2.40.